The summed E-state index contributed by atoms with van der Waals surface area (Å²) in [7, 11) is -0.736. The quantitative estimate of drug-likeness (QED) is 0.472. The molecule has 118 valence electrons. The van der Waals surface area contributed by atoms with Crippen LogP contribution in [0.5, 0.6) is 0 Å². The van der Waals surface area contributed by atoms with Gasteiger partial charge in [-0.2, -0.15) is 0 Å². The van der Waals surface area contributed by atoms with Gasteiger partial charge in [0.2, 0.25) is 0 Å². The molecule has 4 nitrogen and oxygen atoms in total. The Kier molecular flexibility index (Phi) is 9.35. The van der Waals surface area contributed by atoms with Crippen LogP contribution in [0.15, 0.2) is 12.2 Å². The fourth-order valence-corrected chi connectivity index (χ4v) is 2.91. The molecule has 0 spiro atoms. The molecule has 0 amide bonds. The molecule has 0 radical (unpaired) electrons. The van der Waals surface area contributed by atoms with Gasteiger partial charge in [0, 0.05) is 35.4 Å². The Morgan fingerprint density at radius 1 is 1.45 bits per heavy atom. The molecule has 1 aliphatic carbocycles. The third-order valence-corrected chi connectivity index (χ3v) is 5.07. The summed E-state index contributed by atoms with van der Waals surface area (Å²) in [5.74, 6) is 2.59. The van der Waals surface area contributed by atoms with E-state index >= 15 is 0 Å². The number of hydrogen-bond donors (Lipinski definition) is 2. The third kappa shape index (κ3) is 7.53. The summed E-state index contributed by atoms with van der Waals surface area (Å²) in [6, 6.07) is 0. The van der Waals surface area contributed by atoms with Crippen molar-refractivity contribution in [2.24, 2.45) is 11.8 Å². The van der Waals surface area contributed by atoms with E-state index in [-0.39, 0.29) is 0 Å². The first kappa shape index (κ1) is 17.8. The number of ether oxygens (including phenoxy) is 1. The number of aliphatic hydroxyl groups excluding tert-OH is 1. The summed E-state index contributed by atoms with van der Waals surface area (Å²) >= 11 is 0. The highest BCUT2D eigenvalue weighted by molar-refractivity contribution is 7.84. The smallest absolute Gasteiger partial charge is 0.0897 e. The minimum Gasteiger partial charge on any atom is -0.389 e. The van der Waals surface area contributed by atoms with Crippen LogP contribution in [-0.4, -0.2) is 53.2 Å². The summed E-state index contributed by atoms with van der Waals surface area (Å²) in [6.07, 6.45) is 6.19. The highest BCUT2D eigenvalue weighted by Gasteiger charge is 2.18. The summed E-state index contributed by atoms with van der Waals surface area (Å²) in [5.41, 5.74) is 0. The number of aliphatic hydroxyl groups is 1. The number of hydrogen-bond acceptors (Lipinski definition) is 4. The highest BCUT2D eigenvalue weighted by Crippen LogP contribution is 2.24. The van der Waals surface area contributed by atoms with Gasteiger partial charge in [0.15, 0.2) is 0 Å². The van der Waals surface area contributed by atoms with Crippen molar-refractivity contribution >= 4 is 10.8 Å². The second-order valence-electron chi connectivity index (χ2n) is 5.51. The fourth-order valence-electron chi connectivity index (χ4n) is 2.25. The number of rotatable bonds is 10. The molecule has 0 heterocycles. The van der Waals surface area contributed by atoms with Crippen molar-refractivity contribution < 1.29 is 14.1 Å². The lowest BCUT2D eigenvalue weighted by molar-refractivity contribution is 0.0131. The first-order valence-corrected chi connectivity index (χ1v) is 9.08. The second-order valence-corrected chi connectivity index (χ2v) is 7.37. The van der Waals surface area contributed by atoms with Crippen LogP contribution in [0.1, 0.15) is 26.7 Å². The van der Waals surface area contributed by atoms with E-state index in [9.17, 15) is 9.32 Å². The first-order chi connectivity index (χ1) is 9.63. The molecule has 5 heteroatoms. The Balaban J connectivity index is 2.01. The Morgan fingerprint density at radius 3 is 2.90 bits per heavy atom. The standard InChI is InChI=1S/C15H29NO3S/c1-3-20(18)9-8-16-10-15(17)12-19-11-14-7-5-4-6-13(14)2/h4-5,13-17H,3,6-12H2,1-2H3. The zero-order valence-electron chi connectivity index (χ0n) is 12.7. The average Bonchev–Trinajstić information content (AvgIpc) is 2.45. The minimum absolute atomic E-state index is 0.372. The molecule has 1 aliphatic rings. The van der Waals surface area contributed by atoms with E-state index in [2.05, 4.69) is 24.4 Å². The molecule has 4 unspecified atom stereocenters. The maximum atomic E-state index is 11.2. The Bertz CT molecular complexity index is 309. The van der Waals surface area contributed by atoms with E-state index in [4.69, 9.17) is 4.74 Å². The van der Waals surface area contributed by atoms with Gasteiger partial charge in [0.25, 0.3) is 0 Å². The summed E-state index contributed by atoms with van der Waals surface area (Å²) in [6.45, 7) is 6.45. The van der Waals surface area contributed by atoms with Gasteiger partial charge < -0.3 is 15.2 Å². The molecular formula is C15H29NO3S. The van der Waals surface area contributed by atoms with Gasteiger partial charge in [-0.15, -0.1) is 0 Å². The van der Waals surface area contributed by atoms with Crippen molar-refractivity contribution in [3.63, 3.8) is 0 Å². The average molecular weight is 303 g/mol. The van der Waals surface area contributed by atoms with E-state index in [0.717, 1.165) is 19.4 Å². The van der Waals surface area contributed by atoms with Gasteiger partial charge >= 0.3 is 0 Å². The zero-order valence-corrected chi connectivity index (χ0v) is 13.5. The molecule has 0 aromatic carbocycles. The Hall–Kier alpha value is -0.230. The largest absolute Gasteiger partial charge is 0.389 e. The van der Waals surface area contributed by atoms with Crippen molar-refractivity contribution in [3.05, 3.63) is 12.2 Å². The van der Waals surface area contributed by atoms with E-state index < -0.39 is 16.9 Å². The van der Waals surface area contributed by atoms with E-state index in [1.165, 1.54) is 0 Å². The van der Waals surface area contributed by atoms with Gasteiger partial charge in [0.05, 0.1) is 19.3 Å². The Labute approximate surface area is 125 Å². The normalized spacial score (nSPS) is 25.6. The van der Waals surface area contributed by atoms with Gasteiger partial charge in [-0.1, -0.05) is 26.0 Å². The summed E-state index contributed by atoms with van der Waals surface area (Å²) < 4.78 is 16.8. The van der Waals surface area contributed by atoms with Crippen LogP contribution in [0.25, 0.3) is 0 Å². The zero-order chi connectivity index (χ0) is 14.8. The van der Waals surface area contributed by atoms with Gasteiger partial charge in [-0.25, -0.2) is 0 Å². The fraction of sp³-hybridized carbons (Fsp3) is 0.867. The van der Waals surface area contributed by atoms with Crippen molar-refractivity contribution in [1.82, 2.24) is 5.32 Å². The van der Waals surface area contributed by atoms with Crippen molar-refractivity contribution in [3.8, 4) is 0 Å². The molecule has 0 aromatic rings. The maximum Gasteiger partial charge on any atom is 0.0897 e. The molecule has 4 atom stereocenters. The SMILES string of the molecule is CCS(=O)CCNCC(O)COCC1CC=CCC1C. The molecule has 0 aromatic heterocycles. The summed E-state index contributed by atoms with van der Waals surface area (Å²) in [4.78, 5) is 0. The highest BCUT2D eigenvalue weighted by atomic mass is 32.2. The predicted molar refractivity (Wildman–Crippen MR) is 84.3 cm³/mol. The molecular weight excluding hydrogens is 274 g/mol. The van der Waals surface area contributed by atoms with Crippen LogP contribution in [0.4, 0.5) is 0 Å². The Morgan fingerprint density at radius 2 is 2.20 bits per heavy atom. The van der Waals surface area contributed by atoms with E-state index in [0.29, 0.717) is 43.0 Å². The van der Waals surface area contributed by atoms with Crippen LogP contribution in [0, 0.1) is 11.8 Å². The number of allylic oxidation sites excluding steroid dienone is 2. The molecule has 0 bridgehead atoms. The van der Waals surface area contributed by atoms with E-state index in [1.54, 1.807) is 0 Å². The van der Waals surface area contributed by atoms with Gasteiger partial charge in [-0.3, -0.25) is 4.21 Å². The van der Waals surface area contributed by atoms with Crippen LogP contribution in [0.2, 0.25) is 0 Å². The predicted octanol–water partition coefficient (Wildman–Crippen LogP) is 1.32. The topological polar surface area (TPSA) is 58.6 Å². The molecule has 0 aliphatic heterocycles. The molecule has 0 saturated heterocycles. The summed E-state index contributed by atoms with van der Waals surface area (Å²) in [5, 5.41) is 12.9. The molecule has 1 rings (SSSR count). The molecule has 0 fully saturated rings. The third-order valence-electron chi connectivity index (χ3n) is 3.77. The van der Waals surface area contributed by atoms with Crippen LogP contribution < -0.4 is 5.32 Å². The monoisotopic (exact) mass is 303 g/mol. The van der Waals surface area contributed by atoms with Crippen molar-refractivity contribution in [2.75, 3.05) is 37.8 Å². The van der Waals surface area contributed by atoms with Crippen LogP contribution in [-0.2, 0) is 15.5 Å². The van der Waals surface area contributed by atoms with Crippen molar-refractivity contribution in [1.29, 1.82) is 0 Å². The van der Waals surface area contributed by atoms with Crippen LogP contribution >= 0.6 is 0 Å². The van der Waals surface area contributed by atoms with Crippen LogP contribution in [0.3, 0.4) is 0 Å². The second kappa shape index (κ2) is 10.5. The first-order valence-electron chi connectivity index (χ1n) is 7.60. The van der Waals surface area contributed by atoms with Gasteiger partial charge in [0.1, 0.15) is 0 Å². The van der Waals surface area contributed by atoms with Gasteiger partial charge in [-0.05, 0) is 24.7 Å². The lowest BCUT2D eigenvalue weighted by Crippen LogP contribution is -2.33. The number of nitrogens with one attached hydrogen (secondary N) is 1. The molecule has 0 saturated carbocycles. The minimum atomic E-state index is -0.736. The molecule has 20 heavy (non-hydrogen) atoms. The van der Waals surface area contributed by atoms with Crippen molar-refractivity contribution in [2.45, 2.75) is 32.8 Å². The maximum absolute atomic E-state index is 11.2. The lowest BCUT2D eigenvalue weighted by Gasteiger charge is -2.25. The van der Waals surface area contributed by atoms with E-state index in [1.807, 2.05) is 6.92 Å². The molecule has 2 N–H and O–H groups in total. The lowest BCUT2D eigenvalue weighted by atomic mass is 9.85.